The number of hydrogen-bond acceptors (Lipinski definition) is 4. The Balaban J connectivity index is 2.63. The summed E-state index contributed by atoms with van der Waals surface area (Å²) < 4.78 is 10.3. The van der Waals surface area contributed by atoms with E-state index in [1.54, 1.807) is 24.3 Å². The summed E-state index contributed by atoms with van der Waals surface area (Å²) in [6, 6.07) is 6.85. The molecule has 94 valence electrons. The summed E-state index contributed by atoms with van der Waals surface area (Å²) in [6.45, 7) is 1.89. The number of rotatable bonds is 4. The first-order chi connectivity index (χ1) is 8.67. The fourth-order valence-electron chi connectivity index (χ4n) is 1.83. The van der Waals surface area contributed by atoms with Gasteiger partial charge in [0, 0.05) is 11.8 Å². The van der Waals surface area contributed by atoms with Crippen molar-refractivity contribution >= 4 is 16.8 Å². The van der Waals surface area contributed by atoms with Crippen LogP contribution in [0.5, 0.6) is 5.75 Å². The number of Topliss-reactive ketones (excluding diaryl/α,β-unsaturated/α-hetero) is 1. The van der Waals surface area contributed by atoms with E-state index in [-0.39, 0.29) is 11.3 Å². The van der Waals surface area contributed by atoms with Crippen molar-refractivity contribution in [3.8, 4) is 5.75 Å². The van der Waals surface area contributed by atoms with Gasteiger partial charge in [-0.3, -0.25) is 4.79 Å². The van der Waals surface area contributed by atoms with Crippen LogP contribution in [-0.2, 0) is 0 Å². The maximum absolute atomic E-state index is 11.8. The van der Waals surface area contributed by atoms with Crippen LogP contribution in [0.2, 0.25) is 0 Å². The zero-order chi connectivity index (χ0) is 13.1. The minimum absolute atomic E-state index is 0.109. The lowest BCUT2D eigenvalue weighted by atomic mass is 10.1. The fraction of sp³-hybridized carbons (Fsp3) is 0.286. The Morgan fingerprint density at radius 3 is 2.83 bits per heavy atom. The van der Waals surface area contributed by atoms with E-state index in [2.05, 4.69) is 0 Å². The lowest BCUT2D eigenvalue weighted by molar-refractivity contribution is 0.0978. The highest BCUT2D eigenvalue weighted by molar-refractivity contribution is 5.98. The minimum atomic E-state index is -0.606. The molecule has 0 aliphatic carbocycles. The molecular weight excluding hydrogens is 232 g/mol. The molecule has 2 rings (SSSR count). The van der Waals surface area contributed by atoms with Crippen LogP contribution in [0.25, 0.3) is 11.0 Å². The quantitative estimate of drug-likeness (QED) is 0.614. The van der Waals surface area contributed by atoms with Crippen molar-refractivity contribution in [2.45, 2.75) is 19.8 Å². The smallest absolute Gasteiger partial charge is 0.347 e. The first kappa shape index (κ1) is 12.4. The second-order valence-electron chi connectivity index (χ2n) is 4.00. The molecule has 18 heavy (non-hydrogen) atoms. The highest BCUT2D eigenvalue weighted by atomic mass is 16.5. The molecule has 2 aromatic rings. The zero-order valence-electron chi connectivity index (χ0n) is 10.4. The van der Waals surface area contributed by atoms with Gasteiger partial charge < -0.3 is 9.15 Å². The molecular formula is C14H14O4. The van der Waals surface area contributed by atoms with Gasteiger partial charge in [0.25, 0.3) is 0 Å². The van der Waals surface area contributed by atoms with Crippen molar-refractivity contribution in [3.05, 3.63) is 40.2 Å². The number of methoxy groups -OCH3 is 1. The minimum Gasteiger partial charge on any atom is -0.493 e. The summed E-state index contributed by atoms with van der Waals surface area (Å²) in [6.07, 6.45) is 1.05. The van der Waals surface area contributed by atoms with Crippen molar-refractivity contribution in [2.75, 3.05) is 7.11 Å². The van der Waals surface area contributed by atoms with Gasteiger partial charge in [0.15, 0.2) is 17.1 Å². The molecule has 0 aliphatic heterocycles. The predicted molar refractivity (Wildman–Crippen MR) is 68.3 cm³/mol. The van der Waals surface area contributed by atoms with Gasteiger partial charge in [-0.2, -0.15) is 0 Å². The largest absolute Gasteiger partial charge is 0.493 e. The maximum Gasteiger partial charge on any atom is 0.347 e. The van der Waals surface area contributed by atoms with Crippen LogP contribution >= 0.6 is 0 Å². The van der Waals surface area contributed by atoms with E-state index in [0.29, 0.717) is 29.6 Å². The van der Waals surface area contributed by atoms with Crippen LogP contribution in [-0.4, -0.2) is 12.9 Å². The Labute approximate surface area is 104 Å². The highest BCUT2D eigenvalue weighted by Crippen LogP contribution is 2.24. The molecule has 1 heterocycles. The van der Waals surface area contributed by atoms with Crippen molar-refractivity contribution in [2.24, 2.45) is 0 Å². The van der Waals surface area contributed by atoms with Crippen LogP contribution in [0, 0.1) is 0 Å². The summed E-state index contributed by atoms with van der Waals surface area (Å²) in [4.78, 5) is 23.5. The number of carbonyl (C=O) groups excluding carboxylic acids is 1. The third kappa shape index (κ3) is 2.14. The molecule has 0 bridgehead atoms. The number of carbonyl (C=O) groups is 1. The molecule has 0 spiro atoms. The first-order valence-electron chi connectivity index (χ1n) is 5.81. The number of ketones is 1. The summed E-state index contributed by atoms with van der Waals surface area (Å²) in [7, 11) is 1.50. The molecule has 0 radical (unpaired) electrons. The molecule has 0 unspecified atom stereocenters. The molecule has 0 amide bonds. The second kappa shape index (κ2) is 5.04. The van der Waals surface area contributed by atoms with E-state index < -0.39 is 5.63 Å². The van der Waals surface area contributed by atoms with Gasteiger partial charge in [-0.15, -0.1) is 0 Å². The van der Waals surface area contributed by atoms with Crippen molar-refractivity contribution in [3.63, 3.8) is 0 Å². The number of ether oxygens (including phenoxy) is 1. The van der Waals surface area contributed by atoms with Gasteiger partial charge in [0.05, 0.1) is 7.11 Å². The standard InChI is InChI=1S/C14H14O4/c1-3-5-11(15)10-8-9-6-4-7-12(17-2)13(9)18-14(10)16/h4,6-8H,3,5H2,1-2H3. The number of benzene rings is 1. The molecule has 0 saturated heterocycles. The van der Waals surface area contributed by atoms with E-state index in [1.165, 1.54) is 7.11 Å². The normalized spacial score (nSPS) is 10.6. The first-order valence-corrected chi connectivity index (χ1v) is 5.81. The molecule has 4 heteroatoms. The molecule has 4 nitrogen and oxygen atoms in total. The Morgan fingerprint density at radius 1 is 1.39 bits per heavy atom. The SMILES string of the molecule is CCCC(=O)c1cc2cccc(OC)c2oc1=O. The maximum atomic E-state index is 11.8. The van der Waals surface area contributed by atoms with Gasteiger partial charge in [0.1, 0.15) is 5.56 Å². The van der Waals surface area contributed by atoms with Crippen LogP contribution in [0.3, 0.4) is 0 Å². The highest BCUT2D eigenvalue weighted by Gasteiger charge is 2.14. The van der Waals surface area contributed by atoms with Crippen molar-refractivity contribution in [1.29, 1.82) is 0 Å². The van der Waals surface area contributed by atoms with Gasteiger partial charge >= 0.3 is 5.63 Å². The zero-order valence-corrected chi connectivity index (χ0v) is 10.4. The Morgan fingerprint density at radius 2 is 2.17 bits per heavy atom. The van der Waals surface area contributed by atoms with E-state index in [4.69, 9.17) is 9.15 Å². The van der Waals surface area contributed by atoms with Crippen LogP contribution < -0.4 is 10.4 Å². The van der Waals surface area contributed by atoms with E-state index >= 15 is 0 Å². The Kier molecular flexibility index (Phi) is 3.46. The van der Waals surface area contributed by atoms with Gasteiger partial charge in [-0.1, -0.05) is 19.1 Å². The summed E-state index contributed by atoms with van der Waals surface area (Å²) >= 11 is 0. The van der Waals surface area contributed by atoms with E-state index in [1.807, 2.05) is 6.92 Å². The monoisotopic (exact) mass is 246 g/mol. The molecule has 1 aromatic carbocycles. The van der Waals surface area contributed by atoms with Crippen molar-refractivity contribution in [1.82, 2.24) is 0 Å². The summed E-state index contributed by atoms with van der Waals surface area (Å²) in [5.74, 6) is 0.301. The lowest BCUT2D eigenvalue weighted by Gasteiger charge is -2.04. The summed E-state index contributed by atoms with van der Waals surface area (Å²) in [5.41, 5.74) is -0.124. The van der Waals surface area contributed by atoms with E-state index in [9.17, 15) is 9.59 Å². The summed E-state index contributed by atoms with van der Waals surface area (Å²) in [5, 5.41) is 0.688. The average molecular weight is 246 g/mol. The van der Waals surface area contributed by atoms with Gasteiger partial charge in [-0.05, 0) is 18.6 Å². The van der Waals surface area contributed by atoms with E-state index in [0.717, 1.165) is 0 Å². The number of fused-ring (bicyclic) bond motifs is 1. The lowest BCUT2D eigenvalue weighted by Crippen LogP contribution is -2.13. The molecule has 0 saturated carbocycles. The number of para-hydroxylation sites is 1. The molecule has 0 N–H and O–H groups in total. The molecule has 0 aliphatic rings. The average Bonchev–Trinajstić information content (AvgIpc) is 2.37. The fourth-order valence-corrected chi connectivity index (χ4v) is 1.83. The van der Waals surface area contributed by atoms with Gasteiger partial charge in [-0.25, -0.2) is 4.79 Å². The van der Waals surface area contributed by atoms with Gasteiger partial charge in [0.2, 0.25) is 0 Å². The van der Waals surface area contributed by atoms with Crippen LogP contribution in [0.15, 0.2) is 33.5 Å². The third-order valence-corrected chi connectivity index (χ3v) is 2.72. The van der Waals surface area contributed by atoms with Crippen molar-refractivity contribution < 1.29 is 13.9 Å². The predicted octanol–water partition coefficient (Wildman–Crippen LogP) is 2.78. The Bertz CT molecular complexity index is 640. The Hall–Kier alpha value is -2.10. The third-order valence-electron chi connectivity index (χ3n) is 2.72. The van der Waals surface area contributed by atoms with Crippen LogP contribution in [0.1, 0.15) is 30.1 Å². The number of hydrogen-bond donors (Lipinski definition) is 0. The topological polar surface area (TPSA) is 56.5 Å². The second-order valence-corrected chi connectivity index (χ2v) is 4.00. The molecule has 0 fully saturated rings. The van der Waals surface area contributed by atoms with Crippen LogP contribution in [0.4, 0.5) is 0 Å². The molecule has 1 aromatic heterocycles. The molecule has 0 atom stereocenters.